The summed E-state index contributed by atoms with van der Waals surface area (Å²) in [5.41, 5.74) is -1.70. The highest BCUT2D eigenvalue weighted by molar-refractivity contribution is 5.89. The summed E-state index contributed by atoms with van der Waals surface area (Å²) in [6.45, 7) is 4.18. The molecule has 2 heterocycles. The van der Waals surface area contributed by atoms with E-state index in [-0.39, 0.29) is 5.90 Å². The van der Waals surface area contributed by atoms with E-state index in [1.165, 1.54) is 0 Å². The number of nitriles is 3. The van der Waals surface area contributed by atoms with Gasteiger partial charge in [0.2, 0.25) is 17.1 Å². The summed E-state index contributed by atoms with van der Waals surface area (Å²) >= 11 is 0. The summed E-state index contributed by atoms with van der Waals surface area (Å²) in [5, 5.41) is 39.7. The minimum absolute atomic E-state index is 0.289. The number of rotatable bonds is 4. The molecule has 3 aliphatic rings. The standard InChI is InChI=1S/C24H26N4O2/c1-3-5-17-10-11-24-19(12-17)23(15-27,21(28)30-24)22(13-25,14-26)20(29-24)18-8-6-16(4-2)7-9-18/h6-9,17,19-20,28H,3-5,10-12H2,1-2H3. The van der Waals surface area contributed by atoms with E-state index in [0.717, 1.165) is 31.2 Å². The number of nitrogens with one attached hydrogen (secondary N) is 1. The molecule has 6 heteroatoms. The fourth-order valence-corrected chi connectivity index (χ4v) is 5.82. The van der Waals surface area contributed by atoms with Crippen molar-refractivity contribution in [3.63, 3.8) is 0 Å². The zero-order chi connectivity index (χ0) is 21.6. The predicted molar refractivity (Wildman–Crippen MR) is 109 cm³/mol. The van der Waals surface area contributed by atoms with Crippen molar-refractivity contribution >= 4 is 5.90 Å². The molecule has 1 aromatic carbocycles. The molecular formula is C24H26N4O2. The monoisotopic (exact) mass is 402 g/mol. The van der Waals surface area contributed by atoms with Crippen LogP contribution in [0.1, 0.15) is 63.2 Å². The Bertz CT molecular complexity index is 968. The van der Waals surface area contributed by atoms with Crippen LogP contribution in [-0.4, -0.2) is 11.7 Å². The molecule has 2 aliphatic heterocycles. The lowest BCUT2D eigenvalue weighted by molar-refractivity contribution is -0.299. The van der Waals surface area contributed by atoms with Gasteiger partial charge in [-0.3, -0.25) is 5.41 Å². The summed E-state index contributed by atoms with van der Waals surface area (Å²) in [4.78, 5) is 0. The molecule has 5 atom stereocenters. The topological polar surface area (TPSA) is 114 Å². The highest BCUT2D eigenvalue weighted by Gasteiger charge is 2.80. The van der Waals surface area contributed by atoms with Crippen LogP contribution in [-0.2, 0) is 15.9 Å². The Balaban J connectivity index is 1.90. The van der Waals surface area contributed by atoms with Gasteiger partial charge in [-0.15, -0.1) is 0 Å². The molecule has 4 rings (SSSR count). The maximum Gasteiger partial charge on any atom is 0.217 e. The molecule has 0 aromatic heterocycles. The zero-order valence-corrected chi connectivity index (χ0v) is 17.4. The first-order chi connectivity index (χ1) is 14.5. The van der Waals surface area contributed by atoms with E-state index in [0.29, 0.717) is 24.3 Å². The van der Waals surface area contributed by atoms with Crippen LogP contribution in [0.15, 0.2) is 24.3 Å². The first kappa shape index (κ1) is 20.4. The Morgan fingerprint density at radius 3 is 2.37 bits per heavy atom. The van der Waals surface area contributed by atoms with Crippen LogP contribution in [0.25, 0.3) is 0 Å². The molecular weight excluding hydrogens is 376 g/mol. The molecule has 1 N–H and O–H groups in total. The number of hydrogen-bond acceptors (Lipinski definition) is 6. The van der Waals surface area contributed by atoms with Crippen LogP contribution in [0.3, 0.4) is 0 Å². The molecule has 30 heavy (non-hydrogen) atoms. The van der Waals surface area contributed by atoms with Gasteiger partial charge in [0.1, 0.15) is 6.10 Å². The molecule has 0 amide bonds. The lowest BCUT2D eigenvalue weighted by Gasteiger charge is -2.52. The fraction of sp³-hybridized carbons (Fsp3) is 0.583. The Morgan fingerprint density at radius 2 is 1.80 bits per heavy atom. The molecule has 6 nitrogen and oxygen atoms in total. The van der Waals surface area contributed by atoms with Crippen molar-refractivity contribution in [3.05, 3.63) is 35.4 Å². The van der Waals surface area contributed by atoms with Crippen molar-refractivity contribution in [3.8, 4) is 18.2 Å². The van der Waals surface area contributed by atoms with Crippen molar-refractivity contribution in [1.29, 1.82) is 21.2 Å². The molecule has 0 spiro atoms. The Labute approximate surface area is 177 Å². The van der Waals surface area contributed by atoms with Crippen molar-refractivity contribution in [1.82, 2.24) is 0 Å². The number of hydrogen-bond donors (Lipinski definition) is 1. The van der Waals surface area contributed by atoms with Crippen molar-refractivity contribution in [2.24, 2.45) is 22.7 Å². The third kappa shape index (κ3) is 2.39. The van der Waals surface area contributed by atoms with E-state index < -0.39 is 28.6 Å². The van der Waals surface area contributed by atoms with Crippen molar-refractivity contribution < 1.29 is 9.47 Å². The first-order valence-electron chi connectivity index (χ1n) is 10.7. The van der Waals surface area contributed by atoms with Crippen LogP contribution in [0, 0.1) is 62.1 Å². The van der Waals surface area contributed by atoms with Gasteiger partial charge in [0, 0.05) is 6.42 Å². The van der Waals surface area contributed by atoms with Crippen LogP contribution in [0.4, 0.5) is 0 Å². The van der Waals surface area contributed by atoms with E-state index in [1.807, 2.05) is 24.3 Å². The van der Waals surface area contributed by atoms with E-state index in [9.17, 15) is 15.8 Å². The molecule has 2 saturated heterocycles. The molecule has 1 aromatic rings. The minimum atomic E-state index is -1.86. The summed E-state index contributed by atoms with van der Waals surface area (Å²) in [6, 6.07) is 14.2. The highest BCUT2D eigenvalue weighted by atomic mass is 16.7. The van der Waals surface area contributed by atoms with Gasteiger partial charge in [-0.05, 0) is 36.3 Å². The maximum atomic E-state index is 10.4. The first-order valence-corrected chi connectivity index (χ1v) is 10.7. The smallest absolute Gasteiger partial charge is 0.217 e. The fourth-order valence-electron chi connectivity index (χ4n) is 5.82. The molecule has 2 bridgehead atoms. The van der Waals surface area contributed by atoms with Gasteiger partial charge >= 0.3 is 0 Å². The second-order valence-corrected chi connectivity index (χ2v) is 8.77. The number of nitrogens with zero attached hydrogens (tertiary/aromatic N) is 3. The van der Waals surface area contributed by atoms with Gasteiger partial charge in [0.25, 0.3) is 0 Å². The minimum Gasteiger partial charge on any atom is -0.447 e. The van der Waals surface area contributed by atoms with E-state index in [2.05, 4.69) is 32.1 Å². The zero-order valence-electron chi connectivity index (χ0n) is 17.4. The lowest BCUT2D eigenvalue weighted by atomic mass is 9.50. The average molecular weight is 402 g/mol. The molecule has 1 saturated carbocycles. The van der Waals surface area contributed by atoms with Gasteiger partial charge in [-0.25, -0.2) is 0 Å². The summed E-state index contributed by atoms with van der Waals surface area (Å²) in [6.07, 6.45) is 4.01. The van der Waals surface area contributed by atoms with Gasteiger partial charge in [0.05, 0.1) is 24.1 Å². The third-order valence-electron chi connectivity index (χ3n) is 7.41. The summed E-state index contributed by atoms with van der Waals surface area (Å²) in [7, 11) is 0. The van der Waals surface area contributed by atoms with Crippen molar-refractivity contribution in [2.75, 3.05) is 0 Å². The Hall–Kier alpha value is -2.88. The van der Waals surface area contributed by atoms with Gasteiger partial charge < -0.3 is 9.47 Å². The van der Waals surface area contributed by atoms with Crippen LogP contribution < -0.4 is 0 Å². The Kier molecular flexibility index (Phi) is 4.84. The second kappa shape index (κ2) is 7.12. The lowest BCUT2D eigenvalue weighted by Crippen LogP contribution is -2.61. The molecule has 3 fully saturated rings. The van der Waals surface area contributed by atoms with Crippen LogP contribution >= 0.6 is 0 Å². The normalized spacial score (nSPS) is 36.0. The van der Waals surface area contributed by atoms with Gasteiger partial charge in [0.15, 0.2) is 5.41 Å². The molecule has 154 valence electrons. The molecule has 0 radical (unpaired) electrons. The largest absolute Gasteiger partial charge is 0.447 e. The number of aryl methyl sites for hydroxylation is 1. The summed E-state index contributed by atoms with van der Waals surface area (Å²) < 4.78 is 12.5. The van der Waals surface area contributed by atoms with E-state index in [1.54, 1.807) is 0 Å². The van der Waals surface area contributed by atoms with Crippen LogP contribution in [0.2, 0.25) is 0 Å². The number of ether oxygens (including phenoxy) is 2. The Morgan fingerprint density at radius 1 is 1.10 bits per heavy atom. The molecule has 5 unspecified atom stereocenters. The quantitative estimate of drug-likeness (QED) is 0.778. The summed E-state index contributed by atoms with van der Waals surface area (Å²) in [5.74, 6) is -1.54. The van der Waals surface area contributed by atoms with Crippen molar-refractivity contribution in [2.45, 2.75) is 64.3 Å². The number of benzene rings is 1. The van der Waals surface area contributed by atoms with Crippen LogP contribution in [0.5, 0.6) is 0 Å². The average Bonchev–Trinajstić information content (AvgIpc) is 2.98. The van der Waals surface area contributed by atoms with Gasteiger partial charge in [-0.1, -0.05) is 51.0 Å². The molecule has 1 aliphatic carbocycles. The highest BCUT2D eigenvalue weighted by Crippen LogP contribution is 2.70. The maximum absolute atomic E-state index is 10.4. The second-order valence-electron chi connectivity index (χ2n) is 8.77. The predicted octanol–water partition coefficient (Wildman–Crippen LogP) is 4.78. The van der Waals surface area contributed by atoms with Gasteiger partial charge in [-0.2, -0.15) is 15.8 Å². The van der Waals surface area contributed by atoms with E-state index >= 15 is 0 Å². The SMILES string of the molecule is CCCC1CCC23OC(=N)C(C#N)(C2C1)C(C#N)(C#N)C(c1ccc(CC)cc1)O3. The third-order valence-corrected chi connectivity index (χ3v) is 7.41. The van der Waals surface area contributed by atoms with E-state index in [4.69, 9.17) is 14.9 Å².